The van der Waals surface area contributed by atoms with Crippen molar-refractivity contribution < 1.29 is 28.7 Å². The van der Waals surface area contributed by atoms with Crippen LogP contribution in [0.3, 0.4) is 0 Å². The molecule has 9 heteroatoms. The lowest BCUT2D eigenvalue weighted by Gasteiger charge is -2.11. The number of carbonyl (C=O) groups is 3. The third kappa shape index (κ3) is 4.97. The molecule has 0 saturated carbocycles. The largest absolute Gasteiger partial charge is 0.497 e. The molecule has 0 atom stereocenters. The fourth-order valence-corrected chi connectivity index (χ4v) is 1.85. The number of benzene rings is 1. The first-order valence-corrected chi connectivity index (χ1v) is 7.13. The minimum atomic E-state index is -0.755. The Bertz CT molecular complexity index is 629. The Morgan fingerprint density at radius 3 is 2.67 bits per heavy atom. The van der Waals surface area contributed by atoms with Gasteiger partial charge in [-0.25, -0.2) is 9.59 Å². The van der Waals surface area contributed by atoms with Crippen molar-refractivity contribution in [2.24, 2.45) is 5.16 Å². The molecule has 2 rings (SSSR count). The van der Waals surface area contributed by atoms with E-state index in [1.165, 1.54) is 6.21 Å². The van der Waals surface area contributed by atoms with E-state index >= 15 is 0 Å². The fourth-order valence-electron chi connectivity index (χ4n) is 1.85. The van der Waals surface area contributed by atoms with Gasteiger partial charge in [-0.1, -0.05) is 5.16 Å². The highest BCUT2D eigenvalue weighted by Crippen LogP contribution is 2.09. The average Bonchev–Trinajstić information content (AvgIpc) is 3.03. The Morgan fingerprint density at radius 1 is 1.29 bits per heavy atom. The molecule has 9 nitrogen and oxygen atoms in total. The van der Waals surface area contributed by atoms with Crippen LogP contribution in [0.2, 0.25) is 0 Å². The lowest BCUT2D eigenvalue weighted by Crippen LogP contribution is -2.37. The molecular weight excluding hydrogens is 318 g/mol. The maximum atomic E-state index is 11.6. The van der Waals surface area contributed by atoms with Gasteiger partial charge in [-0.3, -0.25) is 9.69 Å². The number of carbonyl (C=O) groups excluding carboxylic acids is 3. The number of esters is 1. The van der Waals surface area contributed by atoms with Crippen molar-refractivity contribution in [1.82, 2.24) is 10.2 Å². The van der Waals surface area contributed by atoms with E-state index in [1.54, 1.807) is 31.4 Å². The molecule has 1 N–H and O–H groups in total. The summed E-state index contributed by atoms with van der Waals surface area (Å²) in [6.45, 7) is -0.302. The first kappa shape index (κ1) is 17.3. The normalized spacial score (nSPS) is 13.7. The van der Waals surface area contributed by atoms with Gasteiger partial charge < -0.3 is 19.6 Å². The van der Waals surface area contributed by atoms with Gasteiger partial charge in [0.05, 0.1) is 13.3 Å². The minimum absolute atomic E-state index is 0.262. The van der Waals surface area contributed by atoms with Gasteiger partial charge in [-0.15, -0.1) is 0 Å². The Kier molecular flexibility index (Phi) is 6.12. The molecular formula is C15H17N3O6. The summed E-state index contributed by atoms with van der Waals surface area (Å²) in [5.41, 5.74) is 0.763. The topological polar surface area (TPSA) is 107 Å². The number of methoxy groups -OCH3 is 1. The summed E-state index contributed by atoms with van der Waals surface area (Å²) in [4.78, 5) is 40.1. The minimum Gasteiger partial charge on any atom is -0.497 e. The smallest absolute Gasteiger partial charge is 0.347 e. The van der Waals surface area contributed by atoms with Crippen LogP contribution in [0.1, 0.15) is 5.56 Å². The van der Waals surface area contributed by atoms with Crippen LogP contribution >= 0.6 is 0 Å². The van der Waals surface area contributed by atoms with Crippen LogP contribution in [-0.4, -0.2) is 62.4 Å². The van der Waals surface area contributed by atoms with Gasteiger partial charge in [0.1, 0.15) is 5.75 Å². The van der Waals surface area contributed by atoms with Crippen molar-refractivity contribution >= 4 is 24.1 Å². The number of urea groups is 1. The zero-order chi connectivity index (χ0) is 17.4. The zero-order valence-corrected chi connectivity index (χ0v) is 13.1. The fraction of sp³-hybridized carbons (Fsp3) is 0.333. The van der Waals surface area contributed by atoms with Crippen LogP contribution in [-0.2, 0) is 19.2 Å². The average molecular weight is 335 g/mol. The summed E-state index contributed by atoms with van der Waals surface area (Å²) in [6.07, 6.45) is 1.42. The molecule has 1 aliphatic rings. The quantitative estimate of drug-likeness (QED) is 0.431. The van der Waals surface area contributed by atoms with E-state index in [9.17, 15) is 14.4 Å². The van der Waals surface area contributed by atoms with E-state index in [0.717, 1.165) is 10.5 Å². The van der Waals surface area contributed by atoms with Crippen molar-refractivity contribution in [2.75, 3.05) is 33.4 Å². The highest BCUT2D eigenvalue weighted by atomic mass is 16.7. The van der Waals surface area contributed by atoms with Crippen LogP contribution < -0.4 is 10.1 Å². The number of oxime groups is 1. The molecule has 0 aliphatic carbocycles. The van der Waals surface area contributed by atoms with Crippen molar-refractivity contribution in [3.8, 4) is 5.75 Å². The summed E-state index contributed by atoms with van der Waals surface area (Å²) >= 11 is 0. The monoisotopic (exact) mass is 335 g/mol. The van der Waals surface area contributed by atoms with Gasteiger partial charge in [-0.05, 0) is 29.8 Å². The molecule has 0 bridgehead atoms. The second-order valence-corrected chi connectivity index (χ2v) is 4.72. The number of hydrogen-bond acceptors (Lipinski definition) is 7. The van der Waals surface area contributed by atoms with Crippen molar-refractivity contribution in [2.45, 2.75) is 0 Å². The molecule has 1 heterocycles. The summed E-state index contributed by atoms with van der Waals surface area (Å²) < 4.78 is 9.74. The first-order chi connectivity index (χ1) is 11.6. The van der Waals surface area contributed by atoms with Gasteiger partial charge >= 0.3 is 12.0 Å². The molecule has 3 amide bonds. The van der Waals surface area contributed by atoms with E-state index in [4.69, 9.17) is 14.3 Å². The van der Waals surface area contributed by atoms with E-state index in [0.29, 0.717) is 12.3 Å². The lowest BCUT2D eigenvalue weighted by atomic mass is 10.2. The van der Waals surface area contributed by atoms with Crippen LogP contribution in [0.15, 0.2) is 29.4 Å². The molecule has 0 unspecified atom stereocenters. The Balaban J connectivity index is 1.66. The van der Waals surface area contributed by atoms with Gasteiger partial charge in [-0.2, -0.15) is 0 Å². The molecule has 0 radical (unpaired) electrons. The second kappa shape index (κ2) is 8.51. The maximum absolute atomic E-state index is 11.6. The molecule has 1 saturated heterocycles. The zero-order valence-electron chi connectivity index (χ0n) is 13.1. The number of nitrogens with one attached hydrogen (secondary N) is 1. The van der Waals surface area contributed by atoms with Crippen molar-refractivity contribution in [3.63, 3.8) is 0 Å². The molecule has 0 aromatic heterocycles. The Labute approximate surface area is 138 Å². The third-order valence-corrected chi connectivity index (χ3v) is 3.09. The first-order valence-electron chi connectivity index (χ1n) is 7.13. The highest BCUT2D eigenvalue weighted by Gasteiger charge is 2.26. The second-order valence-electron chi connectivity index (χ2n) is 4.72. The number of nitrogens with zero attached hydrogens (tertiary/aromatic N) is 2. The van der Waals surface area contributed by atoms with E-state index < -0.39 is 31.1 Å². The predicted molar refractivity (Wildman–Crippen MR) is 82.6 cm³/mol. The predicted octanol–water partition coefficient (Wildman–Crippen LogP) is 0.141. The summed E-state index contributed by atoms with van der Waals surface area (Å²) in [5.74, 6) is -0.622. The molecule has 1 aliphatic heterocycles. The third-order valence-electron chi connectivity index (χ3n) is 3.09. The van der Waals surface area contributed by atoms with Gasteiger partial charge in [0.2, 0.25) is 6.61 Å². The number of ether oxygens (including phenoxy) is 2. The molecule has 1 aromatic rings. The summed E-state index contributed by atoms with van der Waals surface area (Å²) in [7, 11) is 1.57. The van der Waals surface area contributed by atoms with Crippen LogP contribution in [0.25, 0.3) is 0 Å². The summed E-state index contributed by atoms with van der Waals surface area (Å²) in [5, 5.41) is 6.10. The Hall–Kier alpha value is -3.10. The van der Waals surface area contributed by atoms with Crippen LogP contribution in [0, 0.1) is 0 Å². The van der Waals surface area contributed by atoms with Gasteiger partial charge in [0, 0.05) is 13.1 Å². The number of rotatable bonds is 7. The number of amides is 3. The Morgan fingerprint density at radius 2 is 2.04 bits per heavy atom. The van der Waals surface area contributed by atoms with Gasteiger partial charge in [0.15, 0.2) is 6.61 Å². The van der Waals surface area contributed by atoms with E-state index in [1.807, 2.05) is 0 Å². The molecule has 128 valence electrons. The SMILES string of the molecule is COc1ccc(/C=N\OCC(=O)OCC(=O)N2CCNC2=O)cc1. The standard InChI is InChI=1S/C15H17N3O6/c1-22-12-4-2-11(3-5-12)8-17-24-10-14(20)23-9-13(19)18-7-6-16-15(18)21/h2-5,8H,6-7,9-10H2,1H3,(H,16,21)/b17-8-. The summed E-state index contributed by atoms with van der Waals surface area (Å²) in [6, 6.07) is 6.57. The molecule has 1 fully saturated rings. The molecule has 1 aromatic carbocycles. The van der Waals surface area contributed by atoms with Crippen LogP contribution in [0.4, 0.5) is 4.79 Å². The van der Waals surface area contributed by atoms with Crippen molar-refractivity contribution in [3.05, 3.63) is 29.8 Å². The number of hydrogen-bond donors (Lipinski definition) is 1. The number of imide groups is 1. The molecule has 0 spiro atoms. The van der Waals surface area contributed by atoms with E-state index in [2.05, 4.69) is 10.5 Å². The van der Waals surface area contributed by atoms with E-state index in [-0.39, 0.29) is 6.54 Å². The highest BCUT2D eigenvalue weighted by molar-refractivity contribution is 5.96. The molecule has 24 heavy (non-hydrogen) atoms. The lowest BCUT2D eigenvalue weighted by molar-refractivity contribution is -0.154. The van der Waals surface area contributed by atoms with Crippen molar-refractivity contribution in [1.29, 1.82) is 0 Å². The van der Waals surface area contributed by atoms with Gasteiger partial charge in [0.25, 0.3) is 5.91 Å². The maximum Gasteiger partial charge on any atom is 0.347 e. The van der Waals surface area contributed by atoms with Crippen LogP contribution in [0.5, 0.6) is 5.75 Å².